The van der Waals surface area contributed by atoms with Crippen molar-refractivity contribution < 1.29 is 4.79 Å². The molecule has 1 rings (SSSR count). The van der Waals surface area contributed by atoms with E-state index in [-0.39, 0.29) is 17.6 Å². The van der Waals surface area contributed by atoms with Crippen molar-refractivity contribution in [2.75, 3.05) is 6.54 Å². The molecule has 0 radical (unpaired) electrons. The number of rotatable bonds is 5. The number of carbonyl (C=O) groups excluding carboxylic acids is 1. The van der Waals surface area contributed by atoms with Crippen molar-refractivity contribution in [3.63, 3.8) is 0 Å². The van der Waals surface area contributed by atoms with Gasteiger partial charge in [0.2, 0.25) is 5.91 Å². The van der Waals surface area contributed by atoms with E-state index in [1.807, 2.05) is 11.8 Å². The lowest BCUT2D eigenvalue weighted by Gasteiger charge is -2.27. The zero-order valence-electron chi connectivity index (χ0n) is 12.2. The van der Waals surface area contributed by atoms with Crippen LogP contribution in [-0.4, -0.2) is 29.1 Å². The maximum absolute atomic E-state index is 12.4. The number of amides is 1. The van der Waals surface area contributed by atoms with Crippen LogP contribution in [0.5, 0.6) is 0 Å². The first-order valence-electron chi connectivity index (χ1n) is 6.89. The van der Waals surface area contributed by atoms with Crippen molar-refractivity contribution in [2.24, 2.45) is 11.8 Å². The molecule has 0 saturated carbocycles. The fraction of sp³-hybridized carbons (Fsp3) is 0.929. The highest BCUT2D eigenvalue weighted by atomic mass is 16.2. The fourth-order valence-corrected chi connectivity index (χ4v) is 2.46. The van der Waals surface area contributed by atoms with Gasteiger partial charge in [-0.3, -0.25) is 10.1 Å². The molecule has 0 aromatic heterocycles. The number of hydrogen-bond donors (Lipinski definition) is 1. The van der Waals surface area contributed by atoms with Crippen molar-refractivity contribution in [1.82, 2.24) is 10.2 Å². The lowest BCUT2D eigenvalue weighted by Crippen LogP contribution is -2.44. The second-order valence-electron chi connectivity index (χ2n) is 6.33. The number of hydrogen-bond acceptors (Lipinski definition) is 2. The predicted molar refractivity (Wildman–Crippen MR) is 71.6 cm³/mol. The molecular weight excluding hydrogens is 212 g/mol. The van der Waals surface area contributed by atoms with Crippen molar-refractivity contribution in [3.8, 4) is 0 Å². The molecule has 0 spiro atoms. The van der Waals surface area contributed by atoms with E-state index in [9.17, 15) is 4.79 Å². The number of nitrogens with one attached hydrogen (secondary N) is 1. The summed E-state index contributed by atoms with van der Waals surface area (Å²) < 4.78 is 0. The summed E-state index contributed by atoms with van der Waals surface area (Å²) in [5.41, 5.74) is -0.353. The van der Waals surface area contributed by atoms with Gasteiger partial charge in [0.25, 0.3) is 0 Å². The molecule has 1 fully saturated rings. The molecule has 17 heavy (non-hydrogen) atoms. The third-order valence-electron chi connectivity index (χ3n) is 3.56. The van der Waals surface area contributed by atoms with Crippen LogP contribution in [0.2, 0.25) is 0 Å². The van der Waals surface area contributed by atoms with Gasteiger partial charge in [-0.15, -0.1) is 0 Å². The molecule has 1 aliphatic rings. The summed E-state index contributed by atoms with van der Waals surface area (Å²) in [7, 11) is 0. The molecule has 0 aliphatic carbocycles. The van der Waals surface area contributed by atoms with Gasteiger partial charge in [-0.2, -0.15) is 0 Å². The average Bonchev–Trinajstić information content (AvgIpc) is 2.42. The van der Waals surface area contributed by atoms with Gasteiger partial charge >= 0.3 is 0 Å². The van der Waals surface area contributed by atoms with Gasteiger partial charge in [0.1, 0.15) is 0 Å². The Balaban J connectivity index is 2.83. The van der Waals surface area contributed by atoms with E-state index in [4.69, 9.17) is 0 Å². The van der Waals surface area contributed by atoms with Gasteiger partial charge < -0.3 is 4.90 Å². The van der Waals surface area contributed by atoms with Crippen LogP contribution < -0.4 is 5.32 Å². The van der Waals surface area contributed by atoms with Crippen molar-refractivity contribution in [3.05, 3.63) is 0 Å². The smallest absolute Gasteiger partial charge is 0.243 e. The molecule has 0 aromatic rings. The molecule has 100 valence electrons. The van der Waals surface area contributed by atoms with Gasteiger partial charge in [0.15, 0.2) is 0 Å². The maximum Gasteiger partial charge on any atom is 0.243 e. The third kappa shape index (κ3) is 3.21. The molecule has 0 aromatic carbocycles. The van der Waals surface area contributed by atoms with Gasteiger partial charge in [-0.25, -0.2) is 0 Å². The van der Waals surface area contributed by atoms with E-state index in [0.717, 1.165) is 19.4 Å². The Bertz CT molecular complexity index is 275. The minimum Gasteiger partial charge on any atom is -0.325 e. The van der Waals surface area contributed by atoms with Gasteiger partial charge in [0, 0.05) is 6.54 Å². The molecule has 3 nitrogen and oxygen atoms in total. The quantitative estimate of drug-likeness (QED) is 0.801. The van der Waals surface area contributed by atoms with Crippen LogP contribution in [0, 0.1) is 11.8 Å². The highest BCUT2D eigenvalue weighted by Crippen LogP contribution is 2.27. The first-order valence-corrected chi connectivity index (χ1v) is 6.89. The Kier molecular flexibility index (Phi) is 4.59. The normalized spacial score (nSPS) is 29.8. The maximum atomic E-state index is 12.4. The lowest BCUT2D eigenvalue weighted by atomic mass is 9.99. The zero-order chi connectivity index (χ0) is 13.2. The molecule has 1 heterocycles. The summed E-state index contributed by atoms with van der Waals surface area (Å²) in [6.45, 7) is 13.7. The Hall–Kier alpha value is -0.570. The van der Waals surface area contributed by atoms with Crippen molar-refractivity contribution >= 4 is 5.91 Å². The summed E-state index contributed by atoms with van der Waals surface area (Å²) in [6.07, 6.45) is 2.11. The molecule has 1 aliphatic heterocycles. The Morgan fingerprint density at radius 2 is 1.88 bits per heavy atom. The standard InChI is InChI=1S/C14H28N2O/c1-7-14(6)13(17)16(9-11(4)5)12(15-14)8-10(2)3/h10-12,15H,7-9H2,1-6H3. The monoisotopic (exact) mass is 240 g/mol. The molecular formula is C14H28N2O. The van der Waals surface area contributed by atoms with E-state index in [2.05, 4.69) is 39.9 Å². The Morgan fingerprint density at radius 1 is 1.29 bits per heavy atom. The van der Waals surface area contributed by atoms with E-state index in [1.54, 1.807) is 0 Å². The van der Waals surface area contributed by atoms with Crippen molar-refractivity contribution in [1.29, 1.82) is 0 Å². The Labute approximate surface area is 106 Å². The molecule has 1 amide bonds. The summed E-state index contributed by atoms with van der Waals surface area (Å²) in [5.74, 6) is 1.41. The van der Waals surface area contributed by atoms with Gasteiger partial charge in [-0.05, 0) is 31.6 Å². The SMILES string of the molecule is CCC1(C)NC(CC(C)C)N(CC(C)C)C1=O. The van der Waals surface area contributed by atoms with Gasteiger partial charge in [-0.1, -0.05) is 34.6 Å². The van der Waals surface area contributed by atoms with Crippen LogP contribution in [0.25, 0.3) is 0 Å². The molecule has 2 atom stereocenters. The average molecular weight is 240 g/mol. The zero-order valence-corrected chi connectivity index (χ0v) is 12.2. The van der Waals surface area contributed by atoms with E-state index in [1.165, 1.54) is 0 Å². The highest BCUT2D eigenvalue weighted by Gasteiger charge is 2.46. The first kappa shape index (κ1) is 14.5. The van der Waals surface area contributed by atoms with Crippen LogP contribution in [0.1, 0.15) is 54.4 Å². The minimum atomic E-state index is -0.353. The molecule has 1 saturated heterocycles. The van der Waals surface area contributed by atoms with Crippen LogP contribution in [0.15, 0.2) is 0 Å². The molecule has 0 bridgehead atoms. The van der Waals surface area contributed by atoms with E-state index < -0.39 is 0 Å². The summed E-state index contributed by atoms with van der Waals surface area (Å²) in [6, 6.07) is 0. The topological polar surface area (TPSA) is 32.3 Å². The highest BCUT2D eigenvalue weighted by molar-refractivity contribution is 5.88. The Morgan fingerprint density at radius 3 is 2.29 bits per heavy atom. The summed E-state index contributed by atoms with van der Waals surface area (Å²) >= 11 is 0. The third-order valence-corrected chi connectivity index (χ3v) is 3.56. The second-order valence-corrected chi connectivity index (χ2v) is 6.33. The summed E-state index contributed by atoms with van der Waals surface area (Å²) in [4.78, 5) is 14.5. The predicted octanol–water partition coefficient (Wildman–Crippen LogP) is 2.62. The summed E-state index contributed by atoms with van der Waals surface area (Å²) in [5, 5.41) is 3.53. The molecule has 3 heteroatoms. The fourth-order valence-electron chi connectivity index (χ4n) is 2.46. The minimum absolute atomic E-state index is 0.217. The molecule has 1 N–H and O–H groups in total. The van der Waals surface area contributed by atoms with Crippen LogP contribution in [0.4, 0.5) is 0 Å². The lowest BCUT2D eigenvalue weighted by molar-refractivity contribution is -0.133. The first-order chi connectivity index (χ1) is 7.80. The van der Waals surface area contributed by atoms with Gasteiger partial charge in [0.05, 0.1) is 11.7 Å². The van der Waals surface area contributed by atoms with Crippen LogP contribution in [0.3, 0.4) is 0 Å². The van der Waals surface area contributed by atoms with Crippen LogP contribution >= 0.6 is 0 Å². The number of nitrogens with zero attached hydrogens (tertiary/aromatic N) is 1. The largest absolute Gasteiger partial charge is 0.325 e. The van der Waals surface area contributed by atoms with Crippen molar-refractivity contribution in [2.45, 2.75) is 66.1 Å². The molecule has 2 unspecified atom stereocenters. The van der Waals surface area contributed by atoms with Crippen LogP contribution in [-0.2, 0) is 4.79 Å². The van der Waals surface area contributed by atoms with E-state index >= 15 is 0 Å². The number of carbonyl (C=O) groups is 1. The second kappa shape index (κ2) is 5.38. The van der Waals surface area contributed by atoms with E-state index in [0.29, 0.717) is 11.8 Å².